The molecule has 1 aliphatic rings. The highest BCUT2D eigenvalue weighted by atomic mass is 32.2. The Balaban J connectivity index is 1.71. The standard InChI is InChI=1S/C26H28N2O5S2/c1-2-19-8-10-20(11-9-19)22-12-13-23(34-22)26(18-24(29)27-31)14-15-28(16-17-35(26,32)33)25(30)21-6-4-3-5-7-21/h3-13,31H,2,14-18H2,1H3,(H,27,29). The zero-order valence-corrected chi connectivity index (χ0v) is 21.1. The summed E-state index contributed by atoms with van der Waals surface area (Å²) >= 11 is 1.33. The highest BCUT2D eigenvalue weighted by Gasteiger charge is 2.49. The number of rotatable bonds is 6. The third-order valence-electron chi connectivity index (χ3n) is 6.59. The summed E-state index contributed by atoms with van der Waals surface area (Å²) in [5, 5.41) is 9.23. The fourth-order valence-corrected chi connectivity index (χ4v) is 8.09. The van der Waals surface area contributed by atoms with E-state index in [9.17, 15) is 23.2 Å². The Morgan fingerprint density at radius 2 is 1.74 bits per heavy atom. The summed E-state index contributed by atoms with van der Waals surface area (Å²) in [4.78, 5) is 28.3. The number of thiophene rings is 1. The molecular formula is C26H28N2O5S2. The fourth-order valence-electron chi connectivity index (χ4n) is 4.48. The molecule has 0 saturated carbocycles. The van der Waals surface area contributed by atoms with Crippen molar-refractivity contribution in [3.8, 4) is 10.4 Å². The van der Waals surface area contributed by atoms with Gasteiger partial charge in [-0.3, -0.25) is 14.8 Å². The van der Waals surface area contributed by atoms with E-state index in [1.165, 1.54) is 21.8 Å². The van der Waals surface area contributed by atoms with E-state index in [-0.39, 0.29) is 31.2 Å². The van der Waals surface area contributed by atoms with E-state index in [1.807, 2.05) is 36.4 Å². The SMILES string of the molecule is CCc1ccc(-c2ccc(C3(CC(=O)NO)CCN(C(=O)c4ccccc4)CCS3(=O)=O)s2)cc1. The van der Waals surface area contributed by atoms with E-state index in [0.717, 1.165) is 16.9 Å². The lowest BCUT2D eigenvalue weighted by molar-refractivity contribution is -0.129. The average molecular weight is 513 g/mol. The van der Waals surface area contributed by atoms with Crippen LogP contribution < -0.4 is 5.48 Å². The first-order valence-corrected chi connectivity index (χ1v) is 14.0. The number of amides is 2. The topological polar surface area (TPSA) is 104 Å². The minimum Gasteiger partial charge on any atom is -0.338 e. The molecule has 1 saturated heterocycles. The summed E-state index contributed by atoms with van der Waals surface area (Å²) in [6.07, 6.45) is 0.551. The van der Waals surface area contributed by atoms with Crippen molar-refractivity contribution in [2.24, 2.45) is 0 Å². The van der Waals surface area contributed by atoms with Crippen LogP contribution in [0, 0.1) is 0 Å². The highest BCUT2D eigenvalue weighted by molar-refractivity contribution is 7.92. The maximum atomic E-state index is 13.7. The van der Waals surface area contributed by atoms with E-state index in [4.69, 9.17) is 0 Å². The van der Waals surface area contributed by atoms with Crippen molar-refractivity contribution < 1.29 is 23.2 Å². The third-order valence-corrected chi connectivity index (χ3v) is 10.5. The van der Waals surface area contributed by atoms with Crippen LogP contribution in [0.1, 0.15) is 40.6 Å². The maximum Gasteiger partial charge on any atom is 0.253 e. The fraction of sp³-hybridized carbons (Fsp3) is 0.308. The molecule has 1 atom stereocenters. The first-order valence-electron chi connectivity index (χ1n) is 11.5. The van der Waals surface area contributed by atoms with Gasteiger partial charge in [0.1, 0.15) is 4.75 Å². The van der Waals surface area contributed by atoms with E-state index in [1.54, 1.807) is 35.8 Å². The predicted octanol–water partition coefficient (Wildman–Crippen LogP) is 4.03. The van der Waals surface area contributed by atoms with Crippen LogP contribution in [0.4, 0.5) is 0 Å². The molecule has 9 heteroatoms. The van der Waals surface area contributed by atoms with Gasteiger partial charge in [-0.25, -0.2) is 13.9 Å². The highest BCUT2D eigenvalue weighted by Crippen LogP contribution is 2.45. The Labute approximate surface area is 209 Å². The second kappa shape index (κ2) is 10.3. The molecule has 0 radical (unpaired) electrons. The van der Waals surface area contributed by atoms with Crippen LogP contribution in [0.3, 0.4) is 0 Å². The van der Waals surface area contributed by atoms with Crippen LogP contribution in [0.5, 0.6) is 0 Å². The monoisotopic (exact) mass is 512 g/mol. The average Bonchev–Trinajstić information content (AvgIpc) is 3.34. The molecule has 2 amide bonds. The number of carbonyl (C=O) groups excluding carboxylic acids is 2. The molecule has 0 bridgehead atoms. The molecule has 1 unspecified atom stereocenters. The van der Waals surface area contributed by atoms with Crippen molar-refractivity contribution in [3.63, 3.8) is 0 Å². The van der Waals surface area contributed by atoms with Gasteiger partial charge in [0, 0.05) is 28.4 Å². The number of nitrogens with zero attached hydrogens (tertiary/aromatic N) is 1. The van der Waals surface area contributed by atoms with Crippen molar-refractivity contribution in [2.75, 3.05) is 18.8 Å². The van der Waals surface area contributed by atoms with Crippen LogP contribution in [0.25, 0.3) is 10.4 Å². The van der Waals surface area contributed by atoms with E-state index >= 15 is 0 Å². The zero-order chi connectivity index (χ0) is 25.1. The van der Waals surface area contributed by atoms with Crippen molar-refractivity contribution >= 4 is 33.0 Å². The summed E-state index contributed by atoms with van der Waals surface area (Å²) in [5.74, 6) is -1.30. The van der Waals surface area contributed by atoms with E-state index in [0.29, 0.717) is 10.4 Å². The number of hydrogen-bond acceptors (Lipinski definition) is 6. The van der Waals surface area contributed by atoms with Crippen LogP contribution in [-0.2, 0) is 25.8 Å². The predicted molar refractivity (Wildman–Crippen MR) is 136 cm³/mol. The number of hydrogen-bond donors (Lipinski definition) is 2. The summed E-state index contributed by atoms with van der Waals surface area (Å²) in [5.41, 5.74) is 4.25. The second-order valence-corrected chi connectivity index (χ2v) is 12.2. The molecule has 4 rings (SSSR count). The lowest BCUT2D eigenvalue weighted by Crippen LogP contribution is -2.41. The lowest BCUT2D eigenvalue weighted by Gasteiger charge is -2.30. The molecule has 1 aliphatic heterocycles. The van der Waals surface area contributed by atoms with E-state index in [2.05, 4.69) is 6.92 Å². The van der Waals surface area contributed by atoms with Gasteiger partial charge in [0.05, 0.1) is 12.2 Å². The number of aryl methyl sites for hydroxylation is 1. The minimum atomic E-state index is -3.86. The van der Waals surface area contributed by atoms with Crippen LogP contribution in [0.15, 0.2) is 66.7 Å². The number of hydroxylamine groups is 1. The molecule has 7 nitrogen and oxygen atoms in total. The third kappa shape index (κ3) is 5.03. The van der Waals surface area contributed by atoms with Gasteiger partial charge >= 0.3 is 0 Å². The Morgan fingerprint density at radius 1 is 1.03 bits per heavy atom. The van der Waals surface area contributed by atoms with Crippen LogP contribution in [-0.4, -0.2) is 49.2 Å². The Bertz CT molecular complexity index is 1300. The van der Waals surface area contributed by atoms with Gasteiger partial charge in [-0.15, -0.1) is 11.3 Å². The van der Waals surface area contributed by atoms with Gasteiger partial charge in [-0.1, -0.05) is 49.4 Å². The Morgan fingerprint density at radius 3 is 2.40 bits per heavy atom. The number of nitrogens with one attached hydrogen (secondary N) is 1. The Hall–Kier alpha value is -3.01. The number of sulfone groups is 1. The van der Waals surface area contributed by atoms with Crippen molar-refractivity contribution in [3.05, 3.63) is 82.7 Å². The van der Waals surface area contributed by atoms with Gasteiger partial charge in [0.25, 0.3) is 5.91 Å². The van der Waals surface area contributed by atoms with Gasteiger partial charge < -0.3 is 4.90 Å². The van der Waals surface area contributed by atoms with Gasteiger partial charge in [-0.05, 0) is 48.2 Å². The molecule has 2 heterocycles. The van der Waals surface area contributed by atoms with Crippen molar-refractivity contribution in [2.45, 2.75) is 30.9 Å². The zero-order valence-electron chi connectivity index (χ0n) is 19.4. The molecular weight excluding hydrogens is 484 g/mol. The summed E-state index contributed by atoms with van der Waals surface area (Å²) in [6.45, 7) is 2.29. The largest absolute Gasteiger partial charge is 0.338 e. The molecule has 0 spiro atoms. The first kappa shape index (κ1) is 25.1. The smallest absolute Gasteiger partial charge is 0.253 e. The Kier molecular flexibility index (Phi) is 7.39. The minimum absolute atomic E-state index is 0.0370. The quantitative estimate of drug-likeness (QED) is 0.383. The number of carbonyl (C=O) groups is 2. The number of benzene rings is 2. The summed E-state index contributed by atoms with van der Waals surface area (Å²) in [7, 11) is -3.86. The van der Waals surface area contributed by atoms with Crippen molar-refractivity contribution in [1.29, 1.82) is 0 Å². The molecule has 0 aliphatic carbocycles. The molecule has 35 heavy (non-hydrogen) atoms. The summed E-state index contributed by atoms with van der Waals surface area (Å²) in [6, 6.07) is 20.4. The van der Waals surface area contributed by atoms with Gasteiger partial charge in [0.2, 0.25) is 5.91 Å². The van der Waals surface area contributed by atoms with Crippen molar-refractivity contribution in [1.82, 2.24) is 10.4 Å². The lowest BCUT2D eigenvalue weighted by atomic mass is 9.97. The molecule has 2 N–H and O–H groups in total. The first-order chi connectivity index (χ1) is 16.8. The molecule has 1 aromatic heterocycles. The van der Waals surface area contributed by atoms with Gasteiger partial charge in [0.15, 0.2) is 9.84 Å². The normalized spacial score (nSPS) is 19.7. The maximum absolute atomic E-state index is 13.7. The summed E-state index contributed by atoms with van der Waals surface area (Å²) < 4.78 is 25.9. The van der Waals surface area contributed by atoms with Gasteiger partial charge in [-0.2, -0.15) is 0 Å². The van der Waals surface area contributed by atoms with Crippen LogP contribution >= 0.6 is 11.3 Å². The van der Waals surface area contributed by atoms with E-state index < -0.39 is 26.9 Å². The van der Waals surface area contributed by atoms with Crippen LogP contribution in [0.2, 0.25) is 0 Å². The molecule has 3 aromatic rings. The molecule has 1 fully saturated rings. The molecule has 2 aromatic carbocycles. The second-order valence-electron chi connectivity index (χ2n) is 8.65. The molecule has 184 valence electrons.